The van der Waals surface area contributed by atoms with Crippen LogP contribution in [0.4, 0.5) is 0 Å². The lowest BCUT2D eigenvalue weighted by Crippen LogP contribution is -2.11. The van der Waals surface area contributed by atoms with Crippen molar-refractivity contribution in [3.63, 3.8) is 0 Å². The van der Waals surface area contributed by atoms with Crippen LogP contribution in [0.25, 0.3) is 0 Å². The Morgan fingerprint density at radius 1 is 1.56 bits per heavy atom. The molecule has 0 amide bonds. The number of rotatable bonds is 2. The summed E-state index contributed by atoms with van der Waals surface area (Å²) in [4.78, 5) is 11.7. The van der Waals surface area contributed by atoms with E-state index in [-0.39, 0.29) is 0 Å². The monoisotopic (exact) mass is 284 g/mol. The average Bonchev–Trinajstić information content (AvgIpc) is 2.50. The Hall–Kier alpha value is -0.640. The molecule has 0 radical (unpaired) electrons. The van der Waals surface area contributed by atoms with Crippen LogP contribution in [0.2, 0.25) is 0 Å². The third-order valence-electron chi connectivity index (χ3n) is 3.25. The first-order valence-corrected chi connectivity index (χ1v) is 6.74. The van der Waals surface area contributed by atoms with Crippen LogP contribution in [0.5, 0.6) is 0 Å². The maximum atomic E-state index is 11.7. The SMILES string of the molecule is CCn1ncc(Br)c1C1CCCCC(=O)C1. The number of nitrogens with zero attached hydrogens (tertiary/aromatic N) is 2. The predicted molar refractivity (Wildman–Crippen MR) is 66.4 cm³/mol. The van der Waals surface area contributed by atoms with Gasteiger partial charge in [0.2, 0.25) is 0 Å². The maximum Gasteiger partial charge on any atom is 0.133 e. The number of aryl methyl sites for hydroxylation is 1. The normalized spacial score (nSPS) is 22.1. The van der Waals surface area contributed by atoms with Crippen LogP contribution in [-0.2, 0) is 11.3 Å². The minimum atomic E-state index is 0.354. The number of carbonyl (C=O) groups excluding carboxylic acids is 1. The molecule has 1 fully saturated rings. The van der Waals surface area contributed by atoms with Gasteiger partial charge < -0.3 is 0 Å². The topological polar surface area (TPSA) is 34.9 Å². The maximum absolute atomic E-state index is 11.7. The Kier molecular flexibility index (Phi) is 3.79. The lowest BCUT2D eigenvalue weighted by Gasteiger charge is -2.15. The fourth-order valence-corrected chi connectivity index (χ4v) is 3.07. The van der Waals surface area contributed by atoms with Gasteiger partial charge in [-0.1, -0.05) is 6.42 Å². The molecule has 4 heteroatoms. The molecule has 0 aliphatic heterocycles. The molecular weight excluding hydrogens is 268 g/mol. The third kappa shape index (κ3) is 2.37. The third-order valence-corrected chi connectivity index (χ3v) is 3.86. The number of Topliss-reactive ketones (excluding diaryl/α,β-unsaturated/α-hetero) is 1. The predicted octanol–water partition coefficient (Wildman–Crippen LogP) is 3.28. The Balaban J connectivity index is 2.27. The molecular formula is C12H17BrN2O. The first-order chi connectivity index (χ1) is 7.72. The number of ketones is 1. The molecule has 88 valence electrons. The molecule has 1 atom stereocenters. The van der Waals surface area contributed by atoms with E-state index in [1.54, 1.807) is 0 Å². The van der Waals surface area contributed by atoms with Crippen molar-refractivity contribution in [1.29, 1.82) is 0 Å². The summed E-state index contributed by atoms with van der Waals surface area (Å²) in [7, 11) is 0. The minimum absolute atomic E-state index is 0.354. The van der Waals surface area contributed by atoms with E-state index >= 15 is 0 Å². The van der Waals surface area contributed by atoms with Crippen molar-refractivity contribution in [2.75, 3.05) is 0 Å². The van der Waals surface area contributed by atoms with Crippen LogP contribution in [0.15, 0.2) is 10.7 Å². The second-order valence-electron chi connectivity index (χ2n) is 4.38. The van der Waals surface area contributed by atoms with E-state index in [9.17, 15) is 4.79 Å². The molecule has 1 aromatic heterocycles. The molecule has 1 heterocycles. The van der Waals surface area contributed by atoms with E-state index in [2.05, 4.69) is 28.0 Å². The highest BCUT2D eigenvalue weighted by molar-refractivity contribution is 9.10. The van der Waals surface area contributed by atoms with E-state index in [4.69, 9.17) is 0 Å². The quantitative estimate of drug-likeness (QED) is 0.782. The lowest BCUT2D eigenvalue weighted by molar-refractivity contribution is -0.119. The van der Waals surface area contributed by atoms with Crippen LogP contribution in [0.1, 0.15) is 50.6 Å². The molecule has 16 heavy (non-hydrogen) atoms. The first-order valence-electron chi connectivity index (χ1n) is 5.95. The minimum Gasteiger partial charge on any atom is -0.300 e. The van der Waals surface area contributed by atoms with E-state index < -0.39 is 0 Å². The molecule has 0 bridgehead atoms. The second kappa shape index (κ2) is 5.13. The highest BCUT2D eigenvalue weighted by Crippen LogP contribution is 2.34. The largest absolute Gasteiger partial charge is 0.300 e. The van der Waals surface area contributed by atoms with Crippen molar-refractivity contribution in [2.24, 2.45) is 0 Å². The summed E-state index contributed by atoms with van der Waals surface area (Å²) in [6, 6.07) is 0. The van der Waals surface area contributed by atoms with E-state index in [1.807, 2.05) is 10.9 Å². The number of carbonyl (C=O) groups is 1. The molecule has 1 saturated carbocycles. The molecule has 0 spiro atoms. The zero-order valence-electron chi connectivity index (χ0n) is 9.58. The number of aromatic nitrogens is 2. The van der Waals surface area contributed by atoms with Gasteiger partial charge in [0.25, 0.3) is 0 Å². The summed E-state index contributed by atoms with van der Waals surface area (Å²) in [5, 5.41) is 4.32. The van der Waals surface area contributed by atoms with Gasteiger partial charge >= 0.3 is 0 Å². The van der Waals surface area contributed by atoms with Gasteiger partial charge in [0.1, 0.15) is 5.78 Å². The molecule has 0 aromatic carbocycles. The Bertz CT molecular complexity index is 386. The van der Waals surface area contributed by atoms with Crippen molar-refractivity contribution in [3.8, 4) is 0 Å². The summed E-state index contributed by atoms with van der Waals surface area (Å²) in [6.45, 7) is 2.95. The standard InChI is InChI=1S/C12H17BrN2O/c1-2-15-12(11(13)8-14-15)9-5-3-4-6-10(16)7-9/h8-9H,2-7H2,1H3. The smallest absolute Gasteiger partial charge is 0.133 e. The number of hydrogen-bond donors (Lipinski definition) is 0. The van der Waals surface area contributed by atoms with E-state index in [1.165, 1.54) is 5.69 Å². The molecule has 3 nitrogen and oxygen atoms in total. The first kappa shape index (κ1) is 11.8. The van der Waals surface area contributed by atoms with Gasteiger partial charge in [-0.05, 0) is 35.7 Å². The number of hydrogen-bond acceptors (Lipinski definition) is 2. The summed E-state index contributed by atoms with van der Waals surface area (Å²) in [5.41, 5.74) is 1.21. The van der Waals surface area contributed by atoms with E-state index in [0.717, 1.165) is 36.7 Å². The fourth-order valence-electron chi connectivity index (χ4n) is 2.45. The molecule has 2 rings (SSSR count). The lowest BCUT2D eigenvalue weighted by atomic mass is 9.96. The zero-order valence-corrected chi connectivity index (χ0v) is 11.2. The van der Waals surface area contributed by atoms with Crippen molar-refractivity contribution in [2.45, 2.75) is 51.5 Å². The van der Waals surface area contributed by atoms with E-state index in [0.29, 0.717) is 18.1 Å². The van der Waals surface area contributed by atoms with Crippen LogP contribution in [0.3, 0.4) is 0 Å². The van der Waals surface area contributed by atoms with Gasteiger partial charge in [-0.2, -0.15) is 5.10 Å². The zero-order chi connectivity index (χ0) is 11.5. The second-order valence-corrected chi connectivity index (χ2v) is 5.23. The summed E-state index contributed by atoms with van der Waals surface area (Å²) in [5.74, 6) is 0.755. The Morgan fingerprint density at radius 2 is 2.38 bits per heavy atom. The molecule has 0 saturated heterocycles. The van der Waals surface area contributed by atoms with Crippen LogP contribution < -0.4 is 0 Å². The number of halogens is 1. The molecule has 1 aliphatic rings. The van der Waals surface area contributed by atoms with Gasteiger partial charge in [0.15, 0.2) is 0 Å². The Morgan fingerprint density at radius 3 is 3.12 bits per heavy atom. The van der Waals surface area contributed by atoms with Crippen LogP contribution in [0, 0.1) is 0 Å². The van der Waals surface area contributed by atoms with Crippen molar-refractivity contribution in [3.05, 3.63) is 16.4 Å². The molecule has 1 aromatic rings. The van der Waals surface area contributed by atoms with Gasteiger partial charge in [-0.15, -0.1) is 0 Å². The summed E-state index contributed by atoms with van der Waals surface area (Å²) < 4.78 is 3.06. The fraction of sp³-hybridized carbons (Fsp3) is 0.667. The highest BCUT2D eigenvalue weighted by Gasteiger charge is 2.24. The van der Waals surface area contributed by atoms with Crippen molar-refractivity contribution in [1.82, 2.24) is 9.78 Å². The average molecular weight is 285 g/mol. The van der Waals surface area contributed by atoms with Gasteiger partial charge in [0.05, 0.1) is 16.4 Å². The van der Waals surface area contributed by atoms with Gasteiger partial charge in [-0.3, -0.25) is 9.48 Å². The van der Waals surface area contributed by atoms with Crippen molar-refractivity contribution < 1.29 is 4.79 Å². The molecule has 1 aliphatic carbocycles. The van der Waals surface area contributed by atoms with Crippen LogP contribution >= 0.6 is 15.9 Å². The summed E-state index contributed by atoms with van der Waals surface area (Å²) in [6.07, 6.45) is 6.59. The molecule has 1 unspecified atom stereocenters. The highest BCUT2D eigenvalue weighted by atomic mass is 79.9. The Labute approximate surface area is 104 Å². The van der Waals surface area contributed by atoms with Crippen LogP contribution in [-0.4, -0.2) is 15.6 Å². The van der Waals surface area contributed by atoms with Gasteiger partial charge in [-0.25, -0.2) is 0 Å². The van der Waals surface area contributed by atoms with Crippen molar-refractivity contribution >= 4 is 21.7 Å². The van der Waals surface area contributed by atoms with Gasteiger partial charge in [0, 0.05) is 25.3 Å². The summed E-state index contributed by atoms with van der Waals surface area (Å²) >= 11 is 3.54. The molecule has 0 N–H and O–H groups in total.